The minimum absolute atomic E-state index is 0.0498. The van der Waals surface area contributed by atoms with Crippen molar-refractivity contribution in [3.05, 3.63) is 0 Å². The molecule has 0 heterocycles. The van der Waals surface area contributed by atoms with Crippen LogP contribution in [-0.4, -0.2) is 11.9 Å². The Morgan fingerprint density at radius 2 is 1.94 bits per heavy atom. The monoisotopic (exact) mass is 222 g/mol. The number of nitrogens with one attached hydrogen (secondary N) is 1. The van der Waals surface area contributed by atoms with E-state index in [0.717, 1.165) is 44.9 Å². The summed E-state index contributed by atoms with van der Waals surface area (Å²) in [5.41, 5.74) is -0.750. The van der Waals surface area contributed by atoms with Crippen LogP contribution in [0, 0.1) is 16.7 Å². The van der Waals surface area contributed by atoms with Crippen LogP contribution in [0.25, 0.3) is 0 Å². The second kappa shape index (κ2) is 5.89. The number of carbonyl (C=O) groups excluding carboxylic acids is 1. The van der Waals surface area contributed by atoms with E-state index >= 15 is 0 Å². The molecule has 0 aliphatic heterocycles. The molecule has 0 aromatic heterocycles. The molecule has 1 N–H and O–H groups in total. The lowest BCUT2D eigenvalue weighted by atomic mass is 9.81. The molecule has 0 radical (unpaired) electrons. The van der Waals surface area contributed by atoms with E-state index in [0.29, 0.717) is 0 Å². The van der Waals surface area contributed by atoms with Crippen molar-refractivity contribution in [3.63, 3.8) is 0 Å². The molecule has 16 heavy (non-hydrogen) atoms. The average Bonchev–Trinajstić information content (AvgIpc) is 2.54. The summed E-state index contributed by atoms with van der Waals surface area (Å²) in [7, 11) is 0. The number of hydrogen-bond acceptors (Lipinski definition) is 2. The van der Waals surface area contributed by atoms with Crippen molar-refractivity contribution in [2.45, 2.75) is 64.8 Å². The summed E-state index contributed by atoms with van der Waals surface area (Å²) in [4.78, 5) is 12.1. The Labute approximate surface area is 98.2 Å². The van der Waals surface area contributed by atoms with Gasteiger partial charge >= 0.3 is 0 Å². The molecule has 0 aromatic carbocycles. The van der Waals surface area contributed by atoms with Crippen LogP contribution in [0.2, 0.25) is 0 Å². The van der Waals surface area contributed by atoms with E-state index in [-0.39, 0.29) is 11.9 Å². The lowest BCUT2D eigenvalue weighted by Crippen LogP contribution is -2.43. The van der Waals surface area contributed by atoms with Crippen LogP contribution < -0.4 is 5.32 Å². The third-order valence-corrected chi connectivity index (χ3v) is 3.60. The van der Waals surface area contributed by atoms with Crippen LogP contribution in [0.3, 0.4) is 0 Å². The predicted octanol–water partition coefficient (Wildman–Crippen LogP) is 2.77. The molecule has 0 saturated heterocycles. The molecule has 1 aliphatic carbocycles. The summed E-state index contributed by atoms with van der Waals surface area (Å²) in [5.74, 6) is -0.0498. The van der Waals surface area contributed by atoms with Crippen molar-refractivity contribution in [2.24, 2.45) is 5.41 Å². The maximum absolute atomic E-state index is 12.1. The van der Waals surface area contributed by atoms with Crippen LogP contribution in [0.15, 0.2) is 0 Å². The first kappa shape index (κ1) is 13.0. The molecule has 0 bridgehead atoms. The fraction of sp³-hybridized carbons (Fsp3) is 0.846. The number of amides is 1. The van der Waals surface area contributed by atoms with Gasteiger partial charge in [-0.1, -0.05) is 32.6 Å². The van der Waals surface area contributed by atoms with Crippen LogP contribution in [0.1, 0.15) is 58.8 Å². The number of nitriles is 1. The largest absolute Gasteiger partial charge is 0.352 e. The molecule has 1 fully saturated rings. The highest BCUT2D eigenvalue weighted by Crippen LogP contribution is 2.34. The second-order valence-electron chi connectivity index (χ2n) is 4.89. The van der Waals surface area contributed by atoms with Gasteiger partial charge in [-0.15, -0.1) is 0 Å². The Balaban J connectivity index is 2.70. The zero-order valence-electron chi connectivity index (χ0n) is 10.4. The maximum Gasteiger partial charge on any atom is 0.240 e. The number of nitrogens with zero attached hydrogens (tertiary/aromatic N) is 1. The van der Waals surface area contributed by atoms with Crippen LogP contribution in [0.4, 0.5) is 0 Å². The first-order valence-electron chi connectivity index (χ1n) is 6.37. The SMILES string of the molecule is CCC(C)NC(=O)C1(C#N)CCCCCC1. The Hall–Kier alpha value is -1.04. The summed E-state index contributed by atoms with van der Waals surface area (Å²) in [6.45, 7) is 4.02. The Bertz CT molecular complexity index is 272. The van der Waals surface area contributed by atoms with Gasteiger partial charge in [-0.05, 0) is 26.2 Å². The molecule has 1 atom stereocenters. The molecule has 3 nitrogen and oxygen atoms in total. The summed E-state index contributed by atoms with van der Waals surface area (Å²) in [6, 6.07) is 2.44. The smallest absolute Gasteiger partial charge is 0.240 e. The standard InChI is InChI=1S/C13H22N2O/c1-3-11(2)15-12(16)13(10-14)8-6-4-5-7-9-13/h11H,3-9H2,1-2H3,(H,15,16). The van der Waals surface area contributed by atoms with Crippen molar-refractivity contribution in [1.82, 2.24) is 5.32 Å². The fourth-order valence-electron chi connectivity index (χ4n) is 2.19. The highest BCUT2D eigenvalue weighted by Gasteiger charge is 2.39. The number of hydrogen-bond donors (Lipinski definition) is 1. The van der Waals surface area contributed by atoms with E-state index in [1.54, 1.807) is 0 Å². The van der Waals surface area contributed by atoms with Gasteiger partial charge in [-0.2, -0.15) is 5.26 Å². The first-order chi connectivity index (χ1) is 7.64. The van der Waals surface area contributed by atoms with Gasteiger partial charge in [0.25, 0.3) is 0 Å². The average molecular weight is 222 g/mol. The summed E-state index contributed by atoms with van der Waals surface area (Å²) in [5, 5.41) is 12.3. The van der Waals surface area contributed by atoms with Crippen molar-refractivity contribution >= 4 is 5.91 Å². The first-order valence-corrected chi connectivity index (χ1v) is 6.37. The fourth-order valence-corrected chi connectivity index (χ4v) is 2.19. The molecule has 3 heteroatoms. The zero-order valence-corrected chi connectivity index (χ0v) is 10.4. The van der Waals surface area contributed by atoms with Crippen molar-refractivity contribution in [1.29, 1.82) is 5.26 Å². The zero-order chi connectivity index (χ0) is 12.0. The summed E-state index contributed by atoms with van der Waals surface area (Å²) >= 11 is 0. The third kappa shape index (κ3) is 2.98. The van der Waals surface area contributed by atoms with Gasteiger partial charge < -0.3 is 5.32 Å². The maximum atomic E-state index is 12.1. The highest BCUT2D eigenvalue weighted by atomic mass is 16.2. The third-order valence-electron chi connectivity index (χ3n) is 3.60. The van der Waals surface area contributed by atoms with Gasteiger partial charge in [0, 0.05) is 6.04 Å². The lowest BCUT2D eigenvalue weighted by molar-refractivity contribution is -0.129. The Morgan fingerprint density at radius 3 is 2.38 bits per heavy atom. The van der Waals surface area contributed by atoms with Crippen molar-refractivity contribution in [3.8, 4) is 6.07 Å². The number of carbonyl (C=O) groups is 1. The van der Waals surface area contributed by atoms with Gasteiger partial charge in [0.05, 0.1) is 6.07 Å². The predicted molar refractivity (Wildman–Crippen MR) is 63.6 cm³/mol. The summed E-state index contributed by atoms with van der Waals surface area (Å²) < 4.78 is 0. The molecule has 90 valence electrons. The van der Waals surface area contributed by atoms with Crippen LogP contribution in [0.5, 0.6) is 0 Å². The molecule has 1 rings (SSSR count). The van der Waals surface area contributed by atoms with Gasteiger partial charge in [0.2, 0.25) is 5.91 Å². The number of rotatable bonds is 3. The second-order valence-corrected chi connectivity index (χ2v) is 4.89. The van der Waals surface area contributed by atoms with E-state index in [9.17, 15) is 10.1 Å². The van der Waals surface area contributed by atoms with Gasteiger partial charge in [0.1, 0.15) is 5.41 Å². The van der Waals surface area contributed by atoms with Crippen molar-refractivity contribution < 1.29 is 4.79 Å². The Kier molecular flexibility index (Phi) is 4.79. The molecule has 1 saturated carbocycles. The topological polar surface area (TPSA) is 52.9 Å². The summed E-state index contributed by atoms with van der Waals surface area (Å²) in [6.07, 6.45) is 6.67. The minimum Gasteiger partial charge on any atom is -0.352 e. The molecule has 1 unspecified atom stereocenters. The molecule has 0 aromatic rings. The molecule has 1 aliphatic rings. The molecule has 0 spiro atoms. The van der Waals surface area contributed by atoms with E-state index in [1.165, 1.54) is 0 Å². The highest BCUT2D eigenvalue weighted by molar-refractivity contribution is 5.85. The Morgan fingerprint density at radius 1 is 1.38 bits per heavy atom. The van der Waals surface area contributed by atoms with Crippen LogP contribution >= 0.6 is 0 Å². The lowest BCUT2D eigenvalue weighted by Gasteiger charge is -2.25. The van der Waals surface area contributed by atoms with E-state index in [1.807, 2.05) is 13.8 Å². The van der Waals surface area contributed by atoms with Crippen molar-refractivity contribution in [2.75, 3.05) is 0 Å². The van der Waals surface area contributed by atoms with Crippen LogP contribution in [-0.2, 0) is 4.79 Å². The minimum atomic E-state index is -0.750. The molecular weight excluding hydrogens is 200 g/mol. The van der Waals surface area contributed by atoms with E-state index < -0.39 is 5.41 Å². The normalized spacial score (nSPS) is 21.6. The molecular formula is C13H22N2O. The van der Waals surface area contributed by atoms with Gasteiger partial charge in [0.15, 0.2) is 0 Å². The van der Waals surface area contributed by atoms with E-state index in [4.69, 9.17) is 0 Å². The molecule has 1 amide bonds. The van der Waals surface area contributed by atoms with E-state index in [2.05, 4.69) is 11.4 Å². The van der Waals surface area contributed by atoms with Gasteiger partial charge in [-0.25, -0.2) is 0 Å². The quantitative estimate of drug-likeness (QED) is 0.746. The van der Waals surface area contributed by atoms with Gasteiger partial charge in [-0.3, -0.25) is 4.79 Å².